The Balaban J connectivity index is 1.84. The molecule has 2 N–H and O–H groups in total. The average Bonchev–Trinajstić information content (AvgIpc) is 3.36. The van der Waals surface area contributed by atoms with Crippen LogP contribution >= 0.6 is 0 Å². The van der Waals surface area contributed by atoms with E-state index in [4.69, 9.17) is 4.52 Å². The normalized spacial score (nSPS) is 13.3. The second-order valence-corrected chi connectivity index (χ2v) is 11.6. The second kappa shape index (κ2) is 17.0. The van der Waals surface area contributed by atoms with Crippen LogP contribution in [0, 0.1) is 11.3 Å². The highest BCUT2D eigenvalue weighted by Crippen LogP contribution is 2.33. The summed E-state index contributed by atoms with van der Waals surface area (Å²) in [5.41, 5.74) is 0.428. The Bertz CT molecular complexity index is 936. The lowest BCUT2D eigenvalue weighted by molar-refractivity contribution is -0.141. The van der Waals surface area contributed by atoms with Crippen molar-refractivity contribution in [2.24, 2.45) is 11.3 Å². The smallest absolute Gasteiger partial charge is 0.304 e. The van der Waals surface area contributed by atoms with Crippen LogP contribution in [0.2, 0.25) is 0 Å². The SMILES string of the molecule is CCCCCCCCCCCCCC[C@H](CC(=O)O)C(=O)NC(c1nc(-c2ccccc2)no1)C(C)(C)C. The summed E-state index contributed by atoms with van der Waals surface area (Å²) in [5, 5.41) is 16.6. The summed E-state index contributed by atoms with van der Waals surface area (Å²) in [6.45, 7) is 8.21. The molecule has 0 spiro atoms. The molecule has 1 aromatic heterocycles. The van der Waals surface area contributed by atoms with E-state index >= 15 is 0 Å². The quantitative estimate of drug-likeness (QED) is 0.179. The molecule has 0 aliphatic heterocycles. The van der Waals surface area contributed by atoms with E-state index in [1.54, 1.807) is 0 Å². The summed E-state index contributed by atoms with van der Waals surface area (Å²) in [7, 11) is 0. The molecule has 1 unspecified atom stereocenters. The van der Waals surface area contributed by atoms with Gasteiger partial charge in [0.2, 0.25) is 17.6 Å². The molecular weight excluding hydrogens is 478 g/mol. The van der Waals surface area contributed by atoms with E-state index < -0.39 is 23.3 Å². The highest BCUT2D eigenvalue weighted by Gasteiger charge is 2.35. The van der Waals surface area contributed by atoms with Gasteiger partial charge in [0, 0.05) is 11.5 Å². The van der Waals surface area contributed by atoms with Crippen LogP contribution in [0.25, 0.3) is 11.4 Å². The number of carbonyl (C=O) groups is 2. The second-order valence-electron chi connectivity index (χ2n) is 11.6. The Hall–Kier alpha value is -2.70. The molecule has 2 atom stereocenters. The lowest BCUT2D eigenvalue weighted by Crippen LogP contribution is -2.40. The van der Waals surface area contributed by atoms with Gasteiger partial charge in [-0.15, -0.1) is 0 Å². The maximum atomic E-state index is 13.3. The van der Waals surface area contributed by atoms with E-state index in [9.17, 15) is 14.7 Å². The number of aliphatic carboxylic acids is 1. The number of hydrogen-bond acceptors (Lipinski definition) is 5. The zero-order valence-electron chi connectivity index (χ0n) is 24.0. The number of carboxylic acids is 1. The van der Waals surface area contributed by atoms with Crippen molar-refractivity contribution in [3.05, 3.63) is 36.2 Å². The molecule has 1 aromatic carbocycles. The minimum Gasteiger partial charge on any atom is -0.481 e. The van der Waals surface area contributed by atoms with Gasteiger partial charge in [0.15, 0.2) is 0 Å². The van der Waals surface area contributed by atoms with Crippen LogP contribution in [0.3, 0.4) is 0 Å². The first-order valence-corrected chi connectivity index (χ1v) is 14.6. The van der Waals surface area contributed by atoms with Crippen molar-refractivity contribution in [1.82, 2.24) is 15.5 Å². The van der Waals surface area contributed by atoms with Crippen molar-refractivity contribution >= 4 is 11.9 Å². The molecule has 0 radical (unpaired) electrons. The maximum absolute atomic E-state index is 13.3. The fourth-order valence-corrected chi connectivity index (χ4v) is 4.73. The topological polar surface area (TPSA) is 105 Å². The molecule has 2 aromatic rings. The predicted octanol–water partition coefficient (Wildman–Crippen LogP) is 8.12. The van der Waals surface area contributed by atoms with E-state index in [0.717, 1.165) is 24.8 Å². The molecular formula is C31H49N3O4. The van der Waals surface area contributed by atoms with Crippen molar-refractivity contribution in [3.8, 4) is 11.4 Å². The molecule has 212 valence electrons. The molecule has 7 nitrogen and oxygen atoms in total. The van der Waals surface area contributed by atoms with E-state index in [1.807, 2.05) is 51.1 Å². The van der Waals surface area contributed by atoms with Crippen LogP contribution in [-0.2, 0) is 9.59 Å². The summed E-state index contributed by atoms with van der Waals surface area (Å²) in [6.07, 6.45) is 15.2. The number of carboxylic acid groups (broad SMARTS) is 1. The van der Waals surface area contributed by atoms with Gasteiger partial charge in [-0.25, -0.2) is 0 Å². The Morgan fingerprint density at radius 3 is 1.97 bits per heavy atom. The first-order chi connectivity index (χ1) is 18.2. The molecule has 0 aliphatic rings. The summed E-state index contributed by atoms with van der Waals surface area (Å²) in [4.78, 5) is 29.3. The largest absolute Gasteiger partial charge is 0.481 e. The van der Waals surface area contributed by atoms with Crippen LogP contribution < -0.4 is 5.32 Å². The molecule has 1 amide bonds. The van der Waals surface area contributed by atoms with Crippen LogP contribution in [0.1, 0.15) is 130 Å². The number of nitrogens with one attached hydrogen (secondary N) is 1. The monoisotopic (exact) mass is 527 g/mol. The first kappa shape index (κ1) is 31.5. The fraction of sp³-hybridized carbons (Fsp3) is 0.677. The Morgan fingerprint density at radius 2 is 1.45 bits per heavy atom. The number of hydrogen-bond donors (Lipinski definition) is 2. The molecule has 0 aliphatic carbocycles. The predicted molar refractivity (Wildman–Crippen MR) is 152 cm³/mol. The third kappa shape index (κ3) is 11.8. The van der Waals surface area contributed by atoms with Gasteiger partial charge < -0.3 is 14.9 Å². The lowest BCUT2D eigenvalue weighted by atomic mass is 9.85. The maximum Gasteiger partial charge on any atom is 0.304 e. The fourth-order valence-electron chi connectivity index (χ4n) is 4.73. The zero-order chi connectivity index (χ0) is 27.8. The number of aromatic nitrogens is 2. The number of carbonyl (C=O) groups excluding carboxylic acids is 1. The van der Waals surface area contributed by atoms with Gasteiger partial charge in [0.25, 0.3) is 0 Å². The minimum atomic E-state index is -0.958. The molecule has 38 heavy (non-hydrogen) atoms. The van der Waals surface area contributed by atoms with Gasteiger partial charge in [-0.3, -0.25) is 9.59 Å². The Morgan fingerprint density at radius 1 is 0.895 bits per heavy atom. The number of nitrogens with zero attached hydrogens (tertiary/aromatic N) is 2. The lowest BCUT2D eigenvalue weighted by Gasteiger charge is -2.29. The van der Waals surface area contributed by atoms with Gasteiger partial charge in [-0.1, -0.05) is 140 Å². The minimum absolute atomic E-state index is 0.181. The molecule has 0 fully saturated rings. The van der Waals surface area contributed by atoms with Gasteiger partial charge in [0.05, 0.1) is 6.42 Å². The molecule has 0 bridgehead atoms. The molecule has 2 rings (SSSR count). The van der Waals surface area contributed by atoms with Crippen LogP contribution in [-0.4, -0.2) is 27.1 Å². The number of benzene rings is 1. The van der Waals surface area contributed by atoms with E-state index in [1.165, 1.54) is 57.8 Å². The van der Waals surface area contributed by atoms with Crippen LogP contribution in [0.15, 0.2) is 34.9 Å². The number of unbranched alkanes of at least 4 members (excludes halogenated alkanes) is 11. The zero-order valence-corrected chi connectivity index (χ0v) is 24.0. The van der Waals surface area contributed by atoms with E-state index in [0.29, 0.717) is 18.1 Å². The first-order valence-electron chi connectivity index (χ1n) is 14.6. The summed E-state index contributed by atoms with van der Waals surface area (Å²) < 4.78 is 5.55. The van der Waals surface area contributed by atoms with Crippen molar-refractivity contribution < 1.29 is 19.2 Å². The van der Waals surface area contributed by atoms with Gasteiger partial charge in [-0.2, -0.15) is 4.98 Å². The van der Waals surface area contributed by atoms with Crippen LogP contribution in [0.4, 0.5) is 0 Å². The van der Waals surface area contributed by atoms with Gasteiger partial charge in [0.1, 0.15) is 6.04 Å². The van der Waals surface area contributed by atoms with Gasteiger partial charge in [-0.05, 0) is 11.8 Å². The number of rotatable bonds is 19. The van der Waals surface area contributed by atoms with Gasteiger partial charge >= 0.3 is 5.97 Å². The summed E-state index contributed by atoms with van der Waals surface area (Å²) >= 11 is 0. The highest BCUT2D eigenvalue weighted by atomic mass is 16.5. The highest BCUT2D eigenvalue weighted by molar-refractivity contribution is 5.83. The van der Waals surface area contributed by atoms with Crippen molar-refractivity contribution in [1.29, 1.82) is 0 Å². The van der Waals surface area contributed by atoms with Crippen molar-refractivity contribution in [3.63, 3.8) is 0 Å². The molecule has 0 saturated carbocycles. The Kier molecular flexibility index (Phi) is 14.1. The van der Waals surface area contributed by atoms with Crippen LogP contribution in [0.5, 0.6) is 0 Å². The standard InChI is InChI=1S/C31H49N3O4/c1-5-6-7-8-9-10-11-12-13-14-15-17-22-25(23-26(35)36)29(37)32-27(31(2,3)4)30-33-28(34-38-30)24-20-18-16-19-21-24/h16,18-21,25,27H,5-15,17,22-23H2,1-4H3,(H,32,37)(H,35,36)/t25-,27?/m1/s1. The Labute approximate surface area is 229 Å². The third-order valence-corrected chi connectivity index (χ3v) is 7.07. The third-order valence-electron chi connectivity index (χ3n) is 7.07. The summed E-state index contributed by atoms with van der Waals surface area (Å²) in [5.74, 6) is -1.03. The van der Waals surface area contributed by atoms with Crippen molar-refractivity contribution in [2.45, 2.75) is 124 Å². The van der Waals surface area contributed by atoms with Crippen molar-refractivity contribution in [2.75, 3.05) is 0 Å². The average molecular weight is 528 g/mol. The van der Waals surface area contributed by atoms with E-state index in [2.05, 4.69) is 22.4 Å². The molecule has 7 heteroatoms. The summed E-state index contributed by atoms with van der Waals surface area (Å²) in [6, 6.07) is 8.99. The number of amides is 1. The molecule has 1 heterocycles. The van der Waals surface area contributed by atoms with E-state index in [-0.39, 0.29) is 12.3 Å². The molecule has 0 saturated heterocycles.